The number of carbonyl (C=O) groups is 1. The predicted molar refractivity (Wildman–Crippen MR) is 77.3 cm³/mol. The second-order valence-electron chi connectivity index (χ2n) is 3.96. The lowest BCUT2D eigenvalue weighted by Crippen LogP contribution is -2.29. The first-order chi connectivity index (χ1) is 9.22. The number of nitrogens with zero attached hydrogens (tertiary/aromatic N) is 2. The number of hydrogen-bond donors (Lipinski definition) is 0. The topological polar surface area (TPSA) is 51.0 Å². The summed E-state index contributed by atoms with van der Waals surface area (Å²) in [5.41, 5.74) is 0.750. The number of amidine groups is 1. The molecule has 0 radical (unpaired) electrons. The second kappa shape index (κ2) is 5.19. The van der Waals surface area contributed by atoms with Crippen LogP contribution >= 0.6 is 23.4 Å². The first-order valence-corrected chi connectivity index (χ1v) is 6.95. The Balaban J connectivity index is 1.69. The number of thioether (sulfide) groups is 1. The van der Waals surface area contributed by atoms with Crippen LogP contribution in [-0.4, -0.2) is 29.3 Å². The van der Waals surface area contributed by atoms with E-state index in [4.69, 9.17) is 16.3 Å². The van der Waals surface area contributed by atoms with E-state index in [0.29, 0.717) is 16.6 Å². The summed E-state index contributed by atoms with van der Waals surface area (Å²) < 4.78 is 5.52. The number of carbonyl (C=O) groups excluding carboxylic acids is 1. The highest BCUT2D eigenvalue weighted by molar-refractivity contribution is 8.04. The molecule has 2 aliphatic heterocycles. The molecule has 19 heavy (non-hydrogen) atoms. The Morgan fingerprint density at radius 3 is 2.84 bits per heavy atom. The summed E-state index contributed by atoms with van der Waals surface area (Å²) in [5.74, 6) is 0.895. The molecule has 1 aromatic rings. The van der Waals surface area contributed by atoms with Crippen LogP contribution in [0.3, 0.4) is 0 Å². The molecule has 1 unspecified atom stereocenters. The zero-order valence-corrected chi connectivity index (χ0v) is 11.3. The van der Waals surface area contributed by atoms with Gasteiger partial charge in [0.15, 0.2) is 5.84 Å². The zero-order valence-electron chi connectivity index (χ0n) is 9.75. The Labute approximate surface area is 119 Å². The minimum absolute atomic E-state index is 0.169. The van der Waals surface area contributed by atoms with Gasteiger partial charge >= 0.3 is 0 Å². The fourth-order valence-electron chi connectivity index (χ4n) is 1.73. The molecule has 0 aliphatic carbocycles. The van der Waals surface area contributed by atoms with Crippen molar-refractivity contribution in [3.8, 4) is 5.75 Å². The second-order valence-corrected chi connectivity index (χ2v) is 5.42. The Bertz CT molecular complexity index is 608. The fraction of sp³-hybridized carbons (Fsp3) is 0.154. The van der Waals surface area contributed by atoms with Crippen LogP contribution in [0.25, 0.3) is 0 Å². The summed E-state index contributed by atoms with van der Waals surface area (Å²) in [6.07, 6.45) is 1.84. The van der Waals surface area contributed by atoms with E-state index in [1.165, 1.54) is 11.8 Å². The molecular formula is C13H9ClN2O2S. The number of rotatable bonds is 3. The highest BCUT2D eigenvalue weighted by Gasteiger charge is 2.30. The maximum absolute atomic E-state index is 11.7. The van der Waals surface area contributed by atoms with Crippen LogP contribution in [0.2, 0.25) is 5.02 Å². The van der Waals surface area contributed by atoms with Gasteiger partial charge in [0.1, 0.15) is 17.6 Å². The van der Waals surface area contributed by atoms with Crippen molar-refractivity contribution in [1.29, 1.82) is 0 Å². The molecule has 0 saturated carbocycles. The van der Waals surface area contributed by atoms with E-state index < -0.39 is 0 Å². The van der Waals surface area contributed by atoms with Crippen LogP contribution < -0.4 is 4.74 Å². The number of ether oxygens (including phenoxy) is 1. The largest absolute Gasteiger partial charge is 0.486 e. The van der Waals surface area contributed by atoms with Crippen LogP contribution in [0.1, 0.15) is 0 Å². The van der Waals surface area contributed by atoms with Gasteiger partial charge in [0.25, 0.3) is 5.91 Å². The highest BCUT2D eigenvalue weighted by atomic mass is 35.5. The molecule has 0 aromatic heterocycles. The third-order valence-electron chi connectivity index (χ3n) is 2.63. The molecule has 3 rings (SSSR count). The molecule has 1 aromatic carbocycles. The normalized spacial score (nSPS) is 20.9. The minimum Gasteiger partial charge on any atom is -0.486 e. The van der Waals surface area contributed by atoms with Gasteiger partial charge < -0.3 is 4.74 Å². The predicted octanol–water partition coefficient (Wildman–Crippen LogP) is 2.73. The summed E-state index contributed by atoms with van der Waals surface area (Å²) in [5, 5.41) is 2.24. The zero-order chi connectivity index (χ0) is 13.2. The monoisotopic (exact) mass is 292 g/mol. The summed E-state index contributed by atoms with van der Waals surface area (Å²) in [6, 6.07) is 7.00. The standard InChI is InChI=1S/C13H9ClN2O2S/c14-8-1-3-9(4-2-8)18-7-11-15-10-5-6-19-12(10)13(17)16-11/h1-6,12H,7H2. The van der Waals surface area contributed by atoms with Gasteiger partial charge in [0, 0.05) is 5.02 Å². The molecule has 1 atom stereocenters. The Morgan fingerprint density at radius 1 is 1.26 bits per heavy atom. The van der Waals surface area contributed by atoms with Crippen molar-refractivity contribution in [2.75, 3.05) is 6.61 Å². The van der Waals surface area contributed by atoms with Crippen molar-refractivity contribution < 1.29 is 9.53 Å². The molecule has 2 heterocycles. The van der Waals surface area contributed by atoms with Crippen molar-refractivity contribution >= 4 is 40.8 Å². The number of hydrogen-bond acceptors (Lipinski definition) is 4. The van der Waals surface area contributed by atoms with Crippen molar-refractivity contribution in [2.24, 2.45) is 9.98 Å². The molecule has 0 N–H and O–H groups in total. The van der Waals surface area contributed by atoms with Gasteiger partial charge in [-0.1, -0.05) is 11.6 Å². The molecule has 96 valence electrons. The van der Waals surface area contributed by atoms with Crippen LogP contribution in [-0.2, 0) is 4.79 Å². The van der Waals surface area contributed by atoms with Gasteiger partial charge in [-0.3, -0.25) is 4.79 Å². The first-order valence-electron chi connectivity index (χ1n) is 5.63. The highest BCUT2D eigenvalue weighted by Crippen LogP contribution is 2.26. The van der Waals surface area contributed by atoms with E-state index in [9.17, 15) is 4.79 Å². The molecule has 1 amide bonds. The summed E-state index contributed by atoms with van der Waals surface area (Å²) in [7, 11) is 0. The number of halogens is 1. The number of amides is 1. The molecule has 6 heteroatoms. The van der Waals surface area contributed by atoms with Crippen molar-refractivity contribution in [2.45, 2.75) is 5.25 Å². The number of fused-ring (bicyclic) bond motifs is 1. The van der Waals surface area contributed by atoms with Gasteiger partial charge in [-0.25, -0.2) is 4.99 Å². The van der Waals surface area contributed by atoms with Crippen LogP contribution in [0, 0.1) is 0 Å². The molecule has 0 fully saturated rings. The summed E-state index contributed by atoms with van der Waals surface area (Å²) in [4.78, 5) is 20.0. The summed E-state index contributed by atoms with van der Waals surface area (Å²) in [6.45, 7) is 0.169. The smallest absolute Gasteiger partial charge is 0.267 e. The molecule has 2 aliphatic rings. The average Bonchev–Trinajstić information content (AvgIpc) is 2.87. The van der Waals surface area contributed by atoms with Gasteiger partial charge in [-0.15, -0.1) is 11.8 Å². The maximum atomic E-state index is 11.7. The lowest BCUT2D eigenvalue weighted by atomic mass is 10.2. The van der Waals surface area contributed by atoms with E-state index in [1.807, 2.05) is 11.5 Å². The van der Waals surface area contributed by atoms with Crippen molar-refractivity contribution in [3.05, 3.63) is 40.8 Å². The SMILES string of the molecule is O=C1N=C(COc2ccc(Cl)cc2)N=C2C=CSC12. The Kier molecular flexibility index (Phi) is 3.40. The van der Waals surface area contributed by atoms with Gasteiger partial charge in [-0.2, -0.15) is 4.99 Å². The van der Waals surface area contributed by atoms with Crippen LogP contribution in [0.4, 0.5) is 0 Å². The van der Waals surface area contributed by atoms with Gasteiger partial charge in [0.2, 0.25) is 0 Å². The summed E-state index contributed by atoms with van der Waals surface area (Å²) >= 11 is 7.21. The minimum atomic E-state index is -0.265. The maximum Gasteiger partial charge on any atom is 0.267 e. The molecule has 4 nitrogen and oxygen atoms in total. The van der Waals surface area contributed by atoms with Gasteiger partial charge in [0.05, 0.1) is 5.71 Å². The first kappa shape index (κ1) is 12.4. The molecule has 0 spiro atoms. The average molecular weight is 293 g/mol. The van der Waals surface area contributed by atoms with E-state index in [1.54, 1.807) is 24.3 Å². The van der Waals surface area contributed by atoms with Crippen molar-refractivity contribution in [1.82, 2.24) is 0 Å². The Morgan fingerprint density at radius 2 is 2.05 bits per heavy atom. The third kappa shape index (κ3) is 2.72. The van der Waals surface area contributed by atoms with Crippen molar-refractivity contribution in [3.63, 3.8) is 0 Å². The van der Waals surface area contributed by atoms with Gasteiger partial charge in [-0.05, 0) is 35.7 Å². The number of aliphatic imine (C=N–C) groups is 2. The Hall–Kier alpha value is -1.59. The third-order valence-corrected chi connectivity index (χ3v) is 3.89. The van der Waals surface area contributed by atoms with Crippen LogP contribution in [0.15, 0.2) is 45.7 Å². The van der Waals surface area contributed by atoms with E-state index in [2.05, 4.69) is 9.98 Å². The number of allylic oxidation sites excluding steroid dienone is 1. The van der Waals surface area contributed by atoms with Crippen LogP contribution in [0.5, 0.6) is 5.75 Å². The molecular weight excluding hydrogens is 284 g/mol. The van der Waals surface area contributed by atoms with E-state index >= 15 is 0 Å². The fourth-order valence-corrected chi connectivity index (χ4v) is 2.67. The van der Waals surface area contributed by atoms with E-state index in [-0.39, 0.29) is 17.8 Å². The molecule has 0 bridgehead atoms. The molecule has 0 saturated heterocycles. The lowest BCUT2D eigenvalue weighted by molar-refractivity contribution is -0.116. The quantitative estimate of drug-likeness (QED) is 0.861. The van der Waals surface area contributed by atoms with E-state index in [0.717, 1.165) is 5.71 Å². The number of benzene rings is 1. The lowest BCUT2D eigenvalue weighted by Gasteiger charge is -2.13.